The number of esters is 1. The highest BCUT2D eigenvalue weighted by Gasteiger charge is 2.08. The van der Waals surface area contributed by atoms with E-state index in [-0.39, 0.29) is 0 Å². The van der Waals surface area contributed by atoms with Crippen LogP contribution in [0, 0.1) is 0 Å². The number of carbonyl (C=O) groups excluding carboxylic acids is 1. The average molecular weight is 135 g/mol. The normalized spacial score (nSPS) is 12.2. The molecule has 0 aliphatic rings. The van der Waals surface area contributed by atoms with Gasteiger partial charge in [0.05, 0.1) is 7.11 Å². The van der Waals surface area contributed by atoms with Gasteiger partial charge in [-0.1, -0.05) is 6.08 Å². The maximum absolute atomic E-state index is 10.3. The summed E-state index contributed by atoms with van der Waals surface area (Å²) in [6.45, 7) is 3.30. The molecule has 0 heterocycles. The fourth-order valence-corrected chi connectivity index (χ4v) is 0.298. The van der Waals surface area contributed by atoms with Gasteiger partial charge in [0.1, 0.15) is 5.38 Å². The second kappa shape index (κ2) is 3.50. The largest absolute Gasteiger partial charge is 0.468 e. The van der Waals surface area contributed by atoms with E-state index < -0.39 is 11.3 Å². The smallest absolute Gasteiger partial charge is 0.327 e. The lowest BCUT2D eigenvalue weighted by Gasteiger charge is -1.97. The quantitative estimate of drug-likeness (QED) is 0.319. The van der Waals surface area contributed by atoms with Crippen molar-refractivity contribution >= 4 is 17.6 Å². The summed E-state index contributed by atoms with van der Waals surface area (Å²) in [4.78, 5) is 10.3. The van der Waals surface area contributed by atoms with Crippen molar-refractivity contribution in [3.05, 3.63) is 12.7 Å². The molecule has 0 N–H and O–H groups in total. The third-order valence-corrected chi connectivity index (χ3v) is 0.990. The minimum absolute atomic E-state index is 0.471. The Morgan fingerprint density at radius 3 is 2.62 bits per heavy atom. The lowest BCUT2D eigenvalue weighted by molar-refractivity contribution is -0.139. The van der Waals surface area contributed by atoms with E-state index in [1.54, 1.807) is 0 Å². The third-order valence-electron chi connectivity index (χ3n) is 0.633. The Bertz CT molecular complexity index is 101. The molecule has 0 aromatic heterocycles. The third kappa shape index (κ3) is 1.98. The zero-order valence-electron chi connectivity index (χ0n) is 4.56. The number of alkyl halides is 1. The summed E-state index contributed by atoms with van der Waals surface area (Å²) in [5.74, 6) is -0.471. The Morgan fingerprint density at radius 1 is 2.00 bits per heavy atom. The second-order valence-corrected chi connectivity index (χ2v) is 1.63. The van der Waals surface area contributed by atoms with Gasteiger partial charge in [-0.3, -0.25) is 4.79 Å². The summed E-state index contributed by atoms with van der Waals surface area (Å²) < 4.78 is 4.26. The number of hydrogen-bond donors (Lipinski definition) is 0. The molecule has 0 aliphatic carbocycles. The molecule has 8 heavy (non-hydrogen) atoms. The van der Waals surface area contributed by atoms with Crippen LogP contribution in [0.2, 0.25) is 0 Å². The van der Waals surface area contributed by atoms with E-state index in [0.717, 1.165) is 0 Å². The van der Waals surface area contributed by atoms with E-state index in [9.17, 15) is 4.79 Å². The van der Waals surface area contributed by atoms with Gasteiger partial charge in [0.25, 0.3) is 0 Å². The Hall–Kier alpha value is -0.500. The highest BCUT2D eigenvalue weighted by molar-refractivity contribution is 6.31. The molecule has 0 rings (SSSR count). The van der Waals surface area contributed by atoms with E-state index >= 15 is 0 Å². The minimum Gasteiger partial charge on any atom is -0.468 e. The van der Waals surface area contributed by atoms with Crippen molar-refractivity contribution in [2.45, 2.75) is 5.38 Å². The molecular weight excluding hydrogens is 128 g/mol. The molecule has 0 fully saturated rings. The molecule has 0 aliphatic heterocycles. The first-order valence-corrected chi connectivity index (χ1v) is 2.50. The molecule has 0 saturated heterocycles. The predicted octanol–water partition coefficient (Wildman–Crippen LogP) is 0.953. The van der Waals surface area contributed by atoms with Gasteiger partial charge < -0.3 is 4.74 Å². The van der Waals surface area contributed by atoms with Crippen LogP contribution in [0.1, 0.15) is 0 Å². The Kier molecular flexibility index (Phi) is 3.28. The topological polar surface area (TPSA) is 26.3 Å². The van der Waals surface area contributed by atoms with Gasteiger partial charge in [-0.25, -0.2) is 0 Å². The van der Waals surface area contributed by atoms with Gasteiger partial charge in [0, 0.05) is 0 Å². The molecule has 0 saturated carbocycles. The van der Waals surface area contributed by atoms with Crippen LogP contribution in [0.3, 0.4) is 0 Å². The number of ether oxygens (including phenoxy) is 1. The standard InChI is InChI=1S/C5H7ClO2/c1-3-4(6)5(7)8-2/h3-4H,1H2,2H3. The summed E-state index contributed by atoms with van der Waals surface area (Å²) in [5.41, 5.74) is 0. The van der Waals surface area contributed by atoms with Crippen molar-refractivity contribution in [3.8, 4) is 0 Å². The molecule has 0 aromatic carbocycles. The van der Waals surface area contributed by atoms with Crippen LogP contribution in [0.5, 0.6) is 0 Å². The Labute approximate surface area is 53.1 Å². The molecule has 46 valence electrons. The van der Waals surface area contributed by atoms with E-state index in [2.05, 4.69) is 11.3 Å². The van der Waals surface area contributed by atoms with E-state index in [4.69, 9.17) is 11.6 Å². The van der Waals surface area contributed by atoms with Crippen molar-refractivity contribution in [1.29, 1.82) is 0 Å². The molecule has 1 unspecified atom stereocenters. The molecule has 0 aromatic rings. The first-order valence-electron chi connectivity index (χ1n) is 2.06. The molecule has 1 atom stereocenters. The molecule has 0 amide bonds. The fraction of sp³-hybridized carbons (Fsp3) is 0.400. The van der Waals surface area contributed by atoms with Crippen LogP contribution in [-0.2, 0) is 9.53 Å². The van der Waals surface area contributed by atoms with E-state index in [1.807, 2.05) is 0 Å². The van der Waals surface area contributed by atoms with Crippen molar-refractivity contribution in [3.63, 3.8) is 0 Å². The number of hydrogen-bond acceptors (Lipinski definition) is 2. The maximum atomic E-state index is 10.3. The lowest BCUT2D eigenvalue weighted by Crippen LogP contribution is -2.12. The van der Waals surface area contributed by atoms with Gasteiger partial charge in [-0.15, -0.1) is 18.2 Å². The summed E-state index contributed by atoms with van der Waals surface area (Å²) in [6.07, 6.45) is 1.31. The highest BCUT2D eigenvalue weighted by Crippen LogP contribution is 1.97. The SMILES string of the molecule is C=CC(Cl)C(=O)OC. The van der Waals surface area contributed by atoms with Gasteiger partial charge in [-0.05, 0) is 0 Å². The molecule has 0 radical (unpaired) electrons. The van der Waals surface area contributed by atoms with Gasteiger partial charge in [0.2, 0.25) is 0 Å². The summed E-state index contributed by atoms with van der Waals surface area (Å²) in [5, 5.41) is -0.708. The zero-order chi connectivity index (χ0) is 6.57. The van der Waals surface area contributed by atoms with Crippen molar-refractivity contribution in [2.24, 2.45) is 0 Å². The fourth-order valence-electron chi connectivity index (χ4n) is 0.209. The average Bonchev–Trinajstić information content (AvgIpc) is 1.84. The molecular formula is C5H7ClO2. The first kappa shape index (κ1) is 7.50. The van der Waals surface area contributed by atoms with E-state index in [1.165, 1.54) is 13.2 Å². The lowest BCUT2D eigenvalue weighted by atomic mass is 10.4. The maximum Gasteiger partial charge on any atom is 0.327 e. The number of carbonyl (C=O) groups is 1. The van der Waals surface area contributed by atoms with Crippen molar-refractivity contribution in [2.75, 3.05) is 7.11 Å². The van der Waals surface area contributed by atoms with Crippen LogP contribution in [0.25, 0.3) is 0 Å². The van der Waals surface area contributed by atoms with Crippen LogP contribution in [-0.4, -0.2) is 18.5 Å². The Balaban J connectivity index is 3.62. The molecule has 0 bridgehead atoms. The highest BCUT2D eigenvalue weighted by atomic mass is 35.5. The molecule has 2 nitrogen and oxygen atoms in total. The summed E-state index contributed by atoms with van der Waals surface area (Å²) >= 11 is 5.32. The first-order chi connectivity index (χ1) is 3.72. The zero-order valence-corrected chi connectivity index (χ0v) is 5.31. The van der Waals surface area contributed by atoms with Crippen LogP contribution in [0.15, 0.2) is 12.7 Å². The van der Waals surface area contributed by atoms with Crippen LogP contribution < -0.4 is 0 Å². The number of methoxy groups -OCH3 is 1. The monoisotopic (exact) mass is 134 g/mol. The van der Waals surface area contributed by atoms with Gasteiger partial charge >= 0.3 is 5.97 Å². The summed E-state index contributed by atoms with van der Waals surface area (Å²) in [6, 6.07) is 0. The van der Waals surface area contributed by atoms with E-state index in [0.29, 0.717) is 0 Å². The van der Waals surface area contributed by atoms with Gasteiger partial charge in [0.15, 0.2) is 0 Å². The Morgan fingerprint density at radius 2 is 2.50 bits per heavy atom. The van der Waals surface area contributed by atoms with Crippen LogP contribution >= 0.6 is 11.6 Å². The van der Waals surface area contributed by atoms with Crippen LogP contribution in [0.4, 0.5) is 0 Å². The predicted molar refractivity (Wildman–Crippen MR) is 31.9 cm³/mol. The minimum atomic E-state index is -0.708. The summed E-state index contributed by atoms with van der Waals surface area (Å²) in [7, 11) is 1.28. The van der Waals surface area contributed by atoms with Gasteiger partial charge in [-0.2, -0.15) is 0 Å². The van der Waals surface area contributed by atoms with Crippen molar-refractivity contribution < 1.29 is 9.53 Å². The second-order valence-electron chi connectivity index (χ2n) is 1.16. The molecule has 0 spiro atoms. The number of rotatable bonds is 2. The molecule has 3 heteroatoms. The van der Waals surface area contributed by atoms with Crippen molar-refractivity contribution in [1.82, 2.24) is 0 Å². The number of halogens is 1.